The quantitative estimate of drug-likeness (QED) is 0.553. The van der Waals surface area contributed by atoms with Crippen molar-refractivity contribution in [3.8, 4) is 11.1 Å². The summed E-state index contributed by atoms with van der Waals surface area (Å²) in [5, 5.41) is 14.7. The summed E-state index contributed by atoms with van der Waals surface area (Å²) >= 11 is 0. The Hall–Kier alpha value is -3.39. The Kier molecular flexibility index (Phi) is 6.24. The van der Waals surface area contributed by atoms with Gasteiger partial charge >= 0.3 is 12.1 Å². The van der Waals surface area contributed by atoms with Crippen molar-refractivity contribution in [1.29, 1.82) is 0 Å². The lowest BCUT2D eigenvalue weighted by Crippen LogP contribution is -2.52. The highest BCUT2D eigenvalue weighted by Crippen LogP contribution is 2.44. The molecular formula is C26H28N2O6. The van der Waals surface area contributed by atoms with E-state index >= 15 is 0 Å². The first kappa shape index (κ1) is 22.4. The molecule has 0 aromatic heterocycles. The summed E-state index contributed by atoms with van der Waals surface area (Å²) in [5.74, 6) is -1.29. The summed E-state index contributed by atoms with van der Waals surface area (Å²) in [6.07, 6.45) is 1.28. The highest BCUT2D eigenvalue weighted by atomic mass is 16.6. The zero-order valence-electron chi connectivity index (χ0n) is 18.7. The van der Waals surface area contributed by atoms with Gasteiger partial charge in [-0.25, -0.2) is 9.59 Å². The van der Waals surface area contributed by atoms with Gasteiger partial charge in [-0.2, -0.15) is 0 Å². The predicted octanol–water partition coefficient (Wildman–Crippen LogP) is 3.05. The van der Waals surface area contributed by atoms with Crippen molar-refractivity contribution >= 4 is 18.0 Å². The second-order valence-corrected chi connectivity index (χ2v) is 9.23. The van der Waals surface area contributed by atoms with Crippen molar-refractivity contribution in [2.24, 2.45) is 5.92 Å². The number of carbonyl (C=O) groups excluding carboxylic acids is 2. The molecule has 178 valence electrons. The number of carbonyl (C=O) groups is 3. The first-order valence-electron chi connectivity index (χ1n) is 11.8. The van der Waals surface area contributed by atoms with E-state index in [1.54, 1.807) is 0 Å². The highest BCUT2D eigenvalue weighted by Gasteiger charge is 2.39. The third kappa shape index (κ3) is 4.63. The molecule has 3 atom stereocenters. The second-order valence-electron chi connectivity index (χ2n) is 9.23. The van der Waals surface area contributed by atoms with E-state index in [2.05, 4.69) is 22.8 Å². The first-order chi connectivity index (χ1) is 16.5. The number of aliphatic carboxylic acids is 1. The van der Waals surface area contributed by atoms with Crippen molar-refractivity contribution < 1.29 is 29.0 Å². The number of benzene rings is 2. The predicted molar refractivity (Wildman–Crippen MR) is 123 cm³/mol. The van der Waals surface area contributed by atoms with Crippen LogP contribution in [0, 0.1) is 5.92 Å². The molecule has 3 aliphatic rings. The summed E-state index contributed by atoms with van der Waals surface area (Å²) < 4.78 is 11.1. The molecule has 0 radical (unpaired) electrons. The molecule has 2 aliphatic carbocycles. The molecule has 34 heavy (non-hydrogen) atoms. The van der Waals surface area contributed by atoms with Crippen LogP contribution in [0.1, 0.15) is 42.7 Å². The third-order valence-electron chi connectivity index (χ3n) is 6.88. The summed E-state index contributed by atoms with van der Waals surface area (Å²) in [6, 6.07) is 14.7. The van der Waals surface area contributed by atoms with Gasteiger partial charge in [0.25, 0.3) is 5.91 Å². The average molecular weight is 465 g/mol. The number of rotatable bonds is 8. The number of hydrogen-bond donors (Lipinski definition) is 3. The van der Waals surface area contributed by atoms with Crippen LogP contribution in [0.15, 0.2) is 48.5 Å². The van der Waals surface area contributed by atoms with Gasteiger partial charge in [-0.3, -0.25) is 4.79 Å². The van der Waals surface area contributed by atoms with Crippen molar-refractivity contribution in [2.45, 2.75) is 49.8 Å². The van der Waals surface area contributed by atoms with Gasteiger partial charge in [0.15, 0.2) is 6.10 Å². The fourth-order valence-corrected chi connectivity index (χ4v) is 4.95. The molecule has 0 bridgehead atoms. The molecule has 5 rings (SSSR count). The molecule has 0 unspecified atom stereocenters. The largest absolute Gasteiger partial charge is 0.480 e. The van der Waals surface area contributed by atoms with Crippen LogP contribution in [-0.2, 0) is 19.1 Å². The molecule has 1 heterocycles. The number of carboxylic acids is 1. The lowest BCUT2D eigenvalue weighted by Gasteiger charge is -2.22. The third-order valence-corrected chi connectivity index (χ3v) is 6.88. The van der Waals surface area contributed by atoms with Gasteiger partial charge in [-0.1, -0.05) is 61.4 Å². The SMILES string of the molecule is O=C(N[C@@H]1CCO[C@@H]1C(=O)N[C@@H](CC1CC1)C(=O)O)OCC1c2ccccc2-c2ccccc21. The van der Waals surface area contributed by atoms with Crippen LogP contribution >= 0.6 is 0 Å². The molecule has 2 aromatic carbocycles. The standard InChI is InChI=1S/C26H28N2O6/c29-24(27-22(25(30)31)13-15-9-10-15)23-21(11-12-33-23)28-26(32)34-14-20-18-7-3-1-5-16(18)17-6-2-4-8-19(17)20/h1-8,15,20-23H,9-14H2,(H,27,29)(H,28,32)(H,30,31)/t21-,22+,23+/m1/s1. The fourth-order valence-electron chi connectivity index (χ4n) is 4.95. The molecule has 3 N–H and O–H groups in total. The van der Waals surface area contributed by atoms with Crippen LogP contribution in [0.2, 0.25) is 0 Å². The maximum Gasteiger partial charge on any atom is 0.407 e. The first-order valence-corrected chi connectivity index (χ1v) is 11.8. The summed E-state index contributed by atoms with van der Waals surface area (Å²) in [5.41, 5.74) is 4.53. The molecule has 0 spiro atoms. The van der Waals surface area contributed by atoms with E-state index in [1.807, 2.05) is 36.4 Å². The van der Waals surface area contributed by atoms with Gasteiger partial charge in [-0.15, -0.1) is 0 Å². The number of hydrogen-bond acceptors (Lipinski definition) is 5. The van der Waals surface area contributed by atoms with Gasteiger partial charge in [0.05, 0.1) is 6.04 Å². The molecule has 2 aromatic rings. The molecule has 1 aliphatic heterocycles. The van der Waals surface area contributed by atoms with Crippen LogP contribution in [0.25, 0.3) is 11.1 Å². The van der Waals surface area contributed by atoms with E-state index in [0.29, 0.717) is 25.4 Å². The smallest absolute Gasteiger partial charge is 0.407 e. The monoisotopic (exact) mass is 464 g/mol. The van der Waals surface area contributed by atoms with E-state index in [-0.39, 0.29) is 12.5 Å². The van der Waals surface area contributed by atoms with Crippen LogP contribution in [0.5, 0.6) is 0 Å². The number of ether oxygens (including phenoxy) is 2. The van der Waals surface area contributed by atoms with Crippen LogP contribution in [0.4, 0.5) is 4.79 Å². The molecule has 2 amide bonds. The van der Waals surface area contributed by atoms with Crippen molar-refractivity contribution in [1.82, 2.24) is 10.6 Å². The van der Waals surface area contributed by atoms with Gasteiger partial charge in [0.1, 0.15) is 12.6 Å². The van der Waals surface area contributed by atoms with E-state index in [1.165, 1.54) is 0 Å². The normalized spacial score (nSPS) is 21.9. The Balaban J connectivity index is 1.18. The number of alkyl carbamates (subject to hydrolysis) is 1. The molecule has 1 saturated carbocycles. The highest BCUT2D eigenvalue weighted by molar-refractivity contribution is 5.87. The zero-order valence-corrected chi connectivity index (χ0v) is 18.7. The fraction of sp³-hybridized carbons (Fsp3) is 0.423. The Morgan fingerprint density at radius 2 is 1.65 bits per heavy atom. The molecule has 8 nitrogen and oxygen atoms in total. The summed E-state index contributed by atoms with van der Waals surface area (Å²) in [4.78, 5) is 36.8. The lowest BCUT2D eigenvalue weighted by atomic mass is 9.98. The Labute approximate surface area is 197 Å². The maximum absolute atomic E-state index is 12.7. The average Bonchev–Trinajstić information content (AvgIpc) is 3.43. The van der Waals surface area contributed by atoms with E-state index in [0.717, 1.165) is 35.1 Å². The minimum atomic E-state index is -1.06. The van der Waals surface area contributed by atoms with E-state index in [4.69, 9.17) is 9.47 Å². The van der Waals surface area contributed by atoms with Crippen molar-refractivity contribution in [2.75, 3.05) is 13.2 Å². The van der Waals surface area contributed by atoms with Crippen molar-refractivity contribution in [3.63, 3.8) is 0 Å². The van der Waals surface area contributed by atoms with E-state index < -0.39 is 36.2 Å². The van der Waals surface area contributed by atoms with Crippen molar-refractivity contribution in [3.05, 3.63) is 59.7 Å². The second kappa shape index (κ2) is 9.46. The van der Waals surface area contributed by atoms with Crippen LogP contribution < -0.4 is 10.6 Å². The lowest BCUT2D eigenvalue weighted by molar-refractivity contribution is -0.144. The van der Waals surface area contributed by atoms with Gasteiger partial charge in [0.2, 0.25) is 0 Å². The topological polar surface area (TPSA) is 114 Å². The zero-order chi connectivity index (χ0) is 23.7. The molecule has 1 saturated heterocycles. The maximum atomic E-state index is 12.7. The summed E-state index contributed by atoms with van der Waals surface area (Å²) in [6.45, 7) is 0.472. The van der Waals surface area contributed by atoms with E-state index in [9.17, 15) is 19.5 Å². The molecule has 2 fully saturated rings. The van der Waals surface area contributed by atoms with Gasteiger partial charge in [0, 0.05) is 12.5 Å². The Bertz CT molecular complexity index is 1050. The minimum absolute atomic E-state index is 0.0594. The Morgan fingerprint density at radius 3 is 2.26 bits per heavy atom. The number of amides is 2. The summed E-state index contributed by atoms with van der Waals surface area (Å²) in [7, 11) is 0. The van der Waals surface area contributed by atoms with Gasteiger partial charge in [-0.05, 0) is 41.0 Å². The molecular weight excluding hydrogens is 436 g/mol. The number of carboxylic acid groups (broad SMARTS) is 1. The van der Waals surface area contributed by atoms with Gasteiger partial charge < -0.3 is 25.2 Å². The number of fused-ring (bicyclic) bond motifs is 3. The van der Waals surface area contributed by atoms with Crippen LogP contribution in [0.3, 0.4) is 0 Å². The minimum Gasteiger partial charge on any atom is -0.480 e. The molecule has 8 heteroatoms. The number of nitrogens with one attached hydrogen (secondary N) is 2. The van der Waals surface area contributed by atoms with Crippen LogP contribution in [-0.4, -0.2) is 54.5 Å². The Morgan fingerprint density at radius 1 is 1.00 bits per heavy atom.